The molecule has 0 spiro atoms. The number of likely N-dealkylation sites (tertiary alicyclic amines) is 2. The molecule has 2 heterocycles. The number of carboxylic acid groups (broad SMARTS) is 1. The average molecular weight is 477 g/mol. The van der Waals surface area contributed by atoms with Crippen molar-refractivity contribution < 1.29 is 43.5 Å². The highest BCUT2D eigenvalue weighted by atomic mass is 16.6. The highest BCUT2D eigenvalue weighted by Gasteiger charge is 2.41. The van der Waals surface area contributed by atoms with Gasteiger partial charge in [0, 0.05) is 20.6 Å². The number of carbonyl (C=O) groups is 3. The molecular weight excluding hydrogens is 436 g/mol. The van der Waals surface area contributed by atoms with Crippen molar-refractivity contribution in [2.75, 3.05) is 33.9 Å². The number of hydrogen-bond acceptors (Lipinski definition) is 8. The van der Waals surface area contributed by atoms with Gasteiger partial charge in [0.1, 0.15) is 17.2 Å². The fourth-order valence-corrected chi connectivity index (χ4v) is 3.49. The van der Waals surface area contributed by atoms with Crippen molar-refractivity contribution in [2.45, 2.75) is 89.9 Å². The summed E-state index contributed by atoms with van der Waals surface area (Å²) in [4.78, 5) is 37.4. The Morgan fingerprint density at radius 1 is 0.818 bits per heavy atom. The van der Waals surface area contributed by atoms with E-state index in [0.717, 1.165) is 0 Å². The second-order valence-corrected chi connectivity index (χ2v) is 10.1. The third-order valence-corrected chi connectivity index (χ3v) is 5.06. The van der Waals surface area contributed by atoms with E-state index < -0.39 is 29.3 Å². The number of methoxy groups -OCH3 is 2. The van der Waals surface area contributed by atoms with E-state index in [0.29, 0.717) is 19.4 Å². The molecule has 0 saturated carbocycles. The van der Waals surface area contributed by atoms with Crippen LogP contribution in [0.15, 0.2) is 0 Å². The van der Waals surface area contributed by atoms with Crippen molar-refractivity contribution in [3.63, 3.8) is 0 Å². The summed E-state index contributed by atoms with van der Waals surface area (Å²) in [5, 5.41) is 18.2. The van der Waals surface area contributed by atoms with Crippen LogP contribution in [0, 0.1) is 0 Å². The van der Waals surface area contributed by atoms with Crippen LogP contribution in [0.3, 0.4) is 0 Å². The summed E-state index contributed by atoms with van der Waals surface area (Å²) in [6.45, 7) is 11.4. The predicted molar refractivity (Wildman–Crippen MR) is 119 cm³/mol. The van der Waals surface area contributed by atoms with Gasteiger partial charge >= 0.3 is 18.2 Å². The van der Waals surface area contributed by atoms with Gasteiger partial charge in [-0.1, -0.05) is 0 Å². The molecule has 2 fully saturated rings. The number of amides is 2. The van der Waals surface area contributed by atoms with Gasteiger partial charge in [-0.05, 0) is 48.0 Å². The predicted octanol–water partition coefficient (Wildman–Crippen LogP) is 2.10. The van der Waals surface area contributed by atoms with E-state index in [2.05, 4.69) is 0 Å². The number of ether oxygens (including phenoxy) is 4. The van der Waals surface area contributed by atoms with Crippen molar-refractivity contribution in [3.05, 3.63) is 0 Å². The van der Waals surface area contributed by atoms with Crippen molar-refractivity contribution in [3.8, 4) is 0 Å². The summed E-state index contributed by atoms with van der Waals surface area (Å²) in [5.41, 5.74) is -1.15. The lowest BCUT2D eigenvalue weighted by atomic mass is 10.2. The van der Waals surface area contributed by atoms with Gasteiger partial charge in [0.15, 0.2) is 0 Å². The average Bonchev–Trinajstić information content (AvgIpc) is 3.30. The number of carboxylic acids is 1. The Balaban J connectivity index is 0.000000331. The van der Waals surface area contributed by atoms with Crippen LogP contribution in [0.25, 0.3) is 0 Å². The number of aliphatic hydroxyl groups is 1. The number of hydrogen-bond donors (Lipinski definition) is 2. The minimum atomic E-state index is -1.03. The second-order valence-electron chi connectivity index (χ2n) is 10.1. The fourth-order valence-electron chi connectivity index (χ4n) is 3.49. The topological polar surface area (TPSA) is 135 Å². The minimum absolute atomic E-state index is 0.00957. The molecule has 0 bridgehead atoms. The highest BCUT2D eigenvalue weighted by molar-refractivity contribution is 5.81. The molecule has 2 aliphatic rings. The van der Waals surface area contributed by atoms with E-state index in [1.54, 1.807) is 32.8 Å². The van der Waals surface area contributed by atoms with Crippen molar-refractivity contribution in [2.24, 2.45) is 0 Å². The Labute approximate surface area is 195 Å². The molecule has 4 atom stereocenters. The Kier molecular flexibility index (Phi) is 10.4. The van der Waals surface area contributed by atoms with E-state index in [9.17, 15) is 19.5 Å². The Morgan fingerprint density at radius 3 is 1.64 bits per heavy atom. The molecule has 0 radical (unpaired) electrons. The third kappa shape index (κ3) is 9.34. The van der Waals surface area contributed by atoms with Crippen LogP contribution in [-0.4, -0.2) is 108 Å². The third-order valence-electron chi connectivity index (χ3n) is 5.06. The molecule has 2 rings (SSSR count). The smallest absolute Gasteiger partial charge is 0.411 e. The van der Waals surface area contributed by atoms with Gasteiger partial charge in [0.25, 0.3) is 0 Å². The highest BCUT2D eigenvalue weighted by Crippen LogP contribution is 2.24. The van der Waals surface area contributed by atoms with Crippen LogP contribution in [0.5, 0.6) is 0 Å². The van der Waals surface area contributed by atoms with Crippen LogP contribution in [0.2, 0.25) is 0 Å². The molecule has 0 unspecified atom stereocenters. The number of rotatable bonds is 4. The molecular formula is C22H40N2O9. The Morgan fingerprint density at radius 2 is 1.24 bits per heavy atom. The molecule has 0 aromatic rings. The zero-order valence-corrected chi connectivity index (χ0v) is 21.0. The first-order valence-electron chi connectivity index (χ1n) is 11.0. The van der Waals surface area contributed by atoms with Gasteiger partial charge in [0.05, 0.1) is 37.9 Å². The molecule has 11 heteroatoms. The van der Waals surface area contributed by atoms with Gasteiger partial charge in [-0.3, -0.25) is 4.90 Å². The monoisotopic (exact) mass is 476 g/mol. The summed E-state index contributed by atoms with van der Waals surface area (Å²) >= 11 is 0. The molecule has 2 saturated heterocycles. The normalized spacial score (nSPS) is 25.4. The van der Waals surface area contributed by atoms with Crippen molar-refractivity contribution in [1.82, 2.24) is 9.80 Å². The van der Waals surface area contributed by atoms with E-state index in [1.165, 1.54) is 12.0 Å². The molecule has 0 aromatic heterocycles. The van der Waals surface area contributed by atoms with E-state index in [1.807, 2.05) is 20.8 Å². The molecule has 2 aliphatic heterocycles. The fraction of sp³-hybridized carbons (Fsp3) is 0.864. The summed E-state index contributed by atoms with van der Waals surface area (Å²) in [6, 6.07) is -1.06. The lowest BCUT2D eigenvalue weighted by Crippen LogP contribution is -2.43. The summed E-state index contributed by atoms with van der Waals surface area (Å²) in [5.74, 6) is -1.03. The maximum Gasteiger partial charge on any atom is 0.411 e. The molecule has 33 heavy (non-hydrogen) atoms. The number of nitrogens with zero attached hydrogens (tertiary/aromatic N) is 2. The first kappa shape index (κ1) is 28.9. The second kappa shape index (κ2) is 11.8. The molecule has 0 aromatic carbocycles. The molecule has 2 amide bonds. The minimum Gasteiger partial charge on any atom is -0.480 e. The quantitative estimate of drug-likeness (QED) is 0.625. The van der Waals surface area contributed by atoms with Crippen molar-refractivity contribution >= 4 is 18.2 Å². The van der Waals surface area contributed by atoms with E-state index in [4.69, 9.17) is 24.1 Å². The Hall–Kier alpha value is -2.11. The van der Waals surface area contributed by atoms with E-state index in [-0.39, 0.29) is 37.5 Å². The number of carbonyl (C=O) groups excluding carboxylic acids is 2. The van der Waals surface area contributed by atoms with Gasteiger partial charge in [-0.15, -0.1) is 0 Å². The first-order chi connectivity index (χ1) is 15.1. The number of aliphatic hydroxyl groups excluding tert-OH is 1. The van der Waals surface area contributed by atoms with Gasteiger partial charge < -0.3 is 34.1 Å². The largest absolute Gasteiger partial charge is 0.480 e. The van der Waals surface area contributed by atoms with Gasteiger partial charge in [-0.25, -0.2) is 14.4 Å². The van der Waals surface area contributed by atoms with Crippen molar-refractivity contribution in [1.29, 1.82) is 0 Å². The molecule has 0 aliphatic carbocycles. The molecule has 11 nitrogen and oxygen atoms in total. The zero-order chi connectivity index (χ0) is 25.6. The summed E-state index contributed by atoms with van der Waals surface area (Å²) in [7, 11) is 3.11. The van der Waals surface area contributed by atoms with E-state index >= 15 is 0 Å². The van der Waals surface area contributed by atoms with Crippen LogP contribution < -0.4 is 0 Å². The number of aliphatic carboxylic acids is 1. The van der Waals surface area contributed by atoms with Crippen LogP contribution in [0.4, 0.5) is 9.59 Å². The van der Waals surface area contributed by atoms with Gasteiger partial charge in [-0.2, -0.15) is 0 Å². The summed E-state index contributed by atoms with van der Waals surface area (Å²) < 4.78 is 20.7. The molecule has 2 N–H and O–H groups in total. The first-order valence-corrected chi connectivity index (χ1v) is 11.0. The summed E-state index contributed by atoms with van der Waals surface area (Å²) in [6.07, 6.45) is -0.291. The van der Waals surface area contributed by atoms with Gasteiger partial charge in [0.2, 0.25) is 0 Å². The zero-order valence-electron chi connectivity index (χ0n) is 21.0. The lowest BCUT2D eigenvalue weighted by Gasteiger charge is -2.27. The van der Waals surface area contributed by atoms with Crippen LogP contribution in [-0.2, 0) is 23.7 Å². The maximum atomic E-state index is 11.8. The standard InChI is InChI=1S/C11H19NO5.C11H21NO4/c1-11(2,3)17-10(15)12-6-7(16-4)5-8(12)9(13)14;1-11(2,3)16-10(14)12-6-9(15-4)5-8(12)7-13/h7-8H,5-6H2,1-4H3,(H,13,14);8-9,13H,5-7H2,1-4H3/t7-,8-;8-,9-/m00/s1. The lowest BCUT2D eigenvalue weighted by molar-refractivity contribution is -0.142. The maximum absolute atomic E-state index is 11.8. The molecule has 192 valence electrons. The SMILES string of the molecule is CO[C@H]1C[C@@H](C(=O)O)N(C(=O)OC(C)(C)C)C1.CO[C@H]1C[C@@H](CO)N(C(=O)OC(C)(C)C)C1. The Bertz CT molecular complexity index is 672. The van der Waals surface area contributed by atoms with Crippen LogP contribution in [0.1, 0.15) is 54.4 Å². The van der Waals surface area contributed by atoms with Crippen LogP contribution >= 0.6 is 0 Å².